The van der Waals surface area contributed by atoms with Crippen LogP contribution >= 0.6 is 23.0 Å². The smallest absolute Gasteiger partial charge is 0.318 e. The molecule has 1 saturated carbocycles. The molecule has 25 heavy (non-hydrogen) atoms. The van der Waals surface area contributed by atoms with E-state index in [-0.39, 0.29) is 30.0 Å². The van der Waals surface area contributed by atoms with Crippen molar-refractivity contribution < 1.29 is 13.0 Å². The lowest BCUT2D eigenvalue weighted by molar-refractivity contribution is -0.137. The minimum Gasteiger partial charge on any atom is -0.394 e. The van der Waals surface area contributed by atoms with Crippen LogP contribution in [-0.2, 0) is 7.86 Å². The van der Waals surface area contributed by atoms with Gasteiger partial charge >= 0.3 is 5.97 Å². The Morgan fingerprint density at radius 3 is 2.84 bits per heavy atom. The van der Waals surface area contributed by atoms with Gasteiger partial charge in [0.15, 0.2) is 23.0 Å². The van der Waals surface area contributed by atoms with E-state index in [2.05, 4.69) is 27.8 Å². The molecule has 1 aromatic heterocycles. The number of carbonyl (C=O) groups is 1. The van der Waals surface area contributed by atoms with Gasteiger partial charge in [-0.25, -0.2) is 4.98 Å². The summed E-state index contributed by atoms with van der Waals surface area (Å²) in [6.07, 6.45) is 7.44. The van der Waals surface area contributed by atoms with Crippen LogP contribution in [0, 0.1) is 11.8 Å². The minimum absolute atomic E-state index is 0.00666. The Bertz CT molecular complexity index is 768. The van der Waals surface area contributed by atoms with Gasteiger partial charge in [-0.3, -0.25) is 4.79 Å². The predicted molar refractivity (Wildman–Crippen MR) is 102 cm³/mol. The molecule has 0 spiro atoms. The largest absolute Gasteiger partial charge is 0.394 e. The number of benzene rings is 1. The van der Waals surface area contributed by atoms with Gasteiger partial charge in [-0.2, -0.15) is 0 Å². The molecule has 1 aromatic carbocycles. The number of aliphatic hydroxyl groups is 1. The van der Waals surface area contributed by atoms with Crippen molar-refractivity contribution in [3.8, 4) is 11.3 Å². The Kier molecular flexibility index (Phi) is 4.82. The predicted octanol–water partition coefficient (Wildman–Crippen LogP) is 3.90. The molecule has 1 aliphatic carbocycles. The summed E-state index contributed by atoms with van der Waals surface area (Å²) in [7, 11) is 0. The molecule has 2 atom stereocenters. The third-order valence-corrected chi connectivity index (χ3v) is 6.22. The van der Waals surface area contributed by atoms with Crippen molar-refractivity contribution in [2.45, 2.75) is 44.2 Å². The maximum absolute atomic E-state index is 11.7. The van der Waals surface area contributed by atoms with Crippen LogP contribution in [0.25, 0.3) is 11.3 Å². The molecule has 132 valence electrons. The van der Waals surface area contributed by atoms with Crippen molar-refractivity contribution in [1.29, 1.82) is 0 Å². The molecule has 5 nitrogen and oxygen atoms in total. The van der Waals surface area contributed by atoms with E-state index in [1.165, 1.54) is 11.1 Å². The fourth-order valence-corrected chi connectivity index (χ4v) is 4.76. The highest BCUT2D eigenvalue weighted by molar-refractivity contribution is 14.1. The first-order valence-corrected chi connectivity index (χ1v) is 9.68. The summed E-state index contributed by atoms with van der Waals surface area (Å²) in [5.74, 6) is 0.118. The van der Waals surface area contributed by atoms with Crippen molar-refractivity contribution >= 4 is 29.0 Å². The van der Waals surface area contributed by atoms with Gasteiger partial charge in [-0.1, -0.05) is 24.3 Å². The summed E-state index contributed by atoms with van der Waals surface area (Å²) in [5, 5.41) is 10.9. The van der Waals surface area contributed by atoms with E-state index < -0.39 is 0 Å². The second-order valence-corrected chi connectivity index (χ2v) is 7.54. The van der Waals surface area contributed by atoms with Gasteiger partial charge in [0.2, 0.25) is 0 Å². The van der Waals surface area contributed by atoms with Crippen LogP contribution in [0.3, 0.4) is 0 Å². The van der Waals surface area contributed by atoms with Gasteiger partial charge in [-0.05, 0) is 43.6 Å². The van der Waals surface area contributed by atoms with Crippen LogP contribution in [0.5, 0.6) is 0 Å². The number of aliphatic hydroxyl groups excluding tert-OH is 1. The van der Waals surface area contributed by atoms with Crippen molar-refractivity contribution in [2.75, 3.05) is 0 Å². The van der Waals surface area contributed by atoms with Gasteiger partial charge in [0, 0.05) is 5.56 Å². The standard InChI is InChI=1S/C19H21IN2O3/c20-25-19(24)13-7-5-12(6-8-13)18(23)9-16-14-3-1-2-4-15(14)17-10-21-11-22(16)17/h1-4,10-13,16,18,23H,5-9H2. The number of hydrogen-bond donors (Lipinski definition) is 1. The SMILES string of the molecule is O=C(OI)C1CCC(C(O)CC2c3ccccc3-c3cncn32)CC1. The molecule has 2 aliphatic rings. The molecule has 0 bridgehead atoms. The van der Waals surface area contributed by atoms with Crippen LogP contribution < -0.4 is 0 Å². The van der Waals surface area contributed by atoms with E-state index in [0.717, 1.165) is 31.4 Å². The number of hydrogen-bond acceptors (Lipinski definition) is 4. The summed E-state index contributed by atoms with van der Waals surface area (Å²) in [6, 6.07) is 8.51. The summed E-state index contributed by atoms with van der Waals surface area (Å²) in [6.45, 7) is 0. The zero-order valence-electron chi connectivity index (χ0n) is 13.8. The van der Waals surface area contributed by atoms with E-state index in [0.29, 0.717) is 6.42 Å². The fraction of sp³-hybridized carbons (Fsp3) is 0.474. The van der Waals surface area contributed by atoms with Crippen LogP contribution in [0.1, 0.15) is 43.7 Å². The summed E-state index contributed by atoms with van der Waals surface area (Å²) in [5.41, 5.74) is 3.60. The van der Waals surface area contributed by atoms with E-state index in [1.807, 2.05) is 18.6 Å². The molecule has 0 amide bonds. The number of rotatable bonds is 4. The number of nitrogens with zero attached hydrogens (tertiary/aromatic N) is 2. The third-order valence-electron chi connectivity index (χ3n) is 5.79. The van der Waals surface area contributed by atoms with Gasteiger partial charge in [0.25, 0.3) is 0 Å². The molecule has 1 N–H and O–H groups in total. The number of aromatic nitrogens is 2. The van der Waals surface area contributed by atoms with Crippen molar-refractivity contribution in [3.63, 3.8) is 0 Å². The summed E-state index contributed by atoms with van der Waals surface area (Å²) in [4.78, 5) is 15.9. The maximum Gasteiger partial charge on any atom is 0.318 e. The highest BCUT2D eigenvalue weighted by atomic mass is 127. The molecule has 2 unspecified atom stereocenters. The number of fused-ring (bicyclic) bond motifs is 3. The van der Waals surface area contributed by atoms with Crippen LogP contribution in [0.2, 0.25) is 0 Å². The van der Waals surface area contributed by atoms with Crippen molar-refractivity contribution in [3.05, 3.63) is 42.4 Å². The highest BCUT2D eigenvalue weighted by Crippen LogP contribution is 2.43. The average molecular weight is 452 g/mol. The molecule has 0 saturated heterocycles. The molecule has 1 aliphatic heterocycles. The highest BCUT2D eigenvalue weighted by Gasteiger charge is 2.35. The van der Waals surface area contributed by atoms with Crippen molar-refractivity contribution in [1.82, 2.24) is 9.55 Å². The molecule has 4 rings (SSSR count). The minimum atomic E-state index is -0.372. The first-order valence-electron chi connectivity index (χ1n) is 8.80. The summed E-state index contributed by atoms with van der Waals surface area (Å²) >= 11 is 1.66. The lowest BCUT2D eigenvalue weighted by atomic mass is 9.78. The van der Waals surface area contributed by atoms with Gasteiger partial charge in [0.05, 0.1) is 36.3 Å². The third kappa shape index (κ3) is 3.10. The normalized spacial score (nSPS) is 25.9. The lowest BCUT2D eigenvalue weighted by Gasteiger charge is -2.31. The van der Waals surface area contributed by atoms with E-state index in [4.69, 9.17) is 3.07 Å². The van der Waals surface area contributed by atoms with Crippen LogP contribution in [0.4, 0.5) is 0 Å². The monoisotopic (exact) mass is 452 g/mol. The van der Waals surface area contributed by atoms with E-state index >= 15 is 0 Å². The molecule has 6 heteroatoms. The number of imidazole rings is 1. The number of carbonyl (C=O) groups excluding carboxylic acids is 1. The van der Waals surface area contributed by atoms with Crippen LogP contribution in [-0.4, -0.2) is 26.7 Å². The first-order chi connectivity index (χ1) is 12.2. The van der Waals surface area contributed by atoms with E-state index in [1.54, 1.807) is 23.0 Å². The second kappa shape index (κ2) is 7.07. The van der Waals surface area contributed by atoms with Crippen LogP contribution in [0.15, 0.2) is 36.8 Å². The zero-order valence-corrected chi connectivity index (χ0v) is 16.0. The van der Waals surface area contributed by atoms with E-state index in [9.17, 15) is 9.90 Å². The molecule has 2 heterocycles. The average Bonchev–Trinajstić information content (AvgIpc) is 3.24. The lowest BCUT2D eigenvalue weighted by Crippen LogP contribution is -2.30. The Balaban J connectivity index is 1.46. The Morgan fingerprint density at radius 1 is 1.32 bits per heavy atom. The maximum atomic E-state index is 11.7. The Morgan fingerprint density at radius 2 is 2.08 bits per heavy atom. The molecular weight excluding hydrogens is 431 g/mol. The summed E-state index contributed by atoms with van der Waals surface area (Å²) < 4.78 is 6.99. The topological polar surface area (TPSA) is 64.3 Å². The quantitative estimate of drug-likeness (QED) is 0.715. The molecule has 0 radical (unpaired) electrons. The molecule has 1 fully saturated rings. The fourth-order valence-electron chi connectivity index (χ4n) is 4.40. The molecular formula is C19H21IN2O3. The van der Waals surface area contributed by atoms with Gasteiger partial charge in [0.1, 0.15) is 0 Å². The van der Waals surface area contributed by atoms with Gasteiger partial charge < -0.3 is 12.7 Å². The molecule has 2 aromatic rings. The number of halogens is 1. The van der Waals surface area contributed by atoms with Gasteiger partial charge in [-0.15, -0.1) is 0 Å². The second-order valence-electron chi connectivity index (χ2n) is 7.10. The zero-order chi connectivity index (χ0) is 17.4. The first kappa shape index (κ1) is 17.0. The Hall–Kier alpha value is -1.41. The van der Waals surface area contributed by atoms with Crippen molar-refractivity contribution in [2.24, 2.45) is 11.8 Å². The Labute approximate surface area is 161 Å².